The van der Waals surface area contributed by atoms with E-state index in [1.165, 1.54) is 6.42 Å². The summed E-state index contributed by atoms with van der Waals surface area (Å²) in [6, 6.07) is 8.43. The molecule has 0 aromatic heterocycles. The van der Waals surface area contributed by atoms with Crippen molar-refractivity contribution < 1.29 is 23.7 Å². The van der Waals surface area contributed by atoms with E-state index in [1.54, 1.807) is 24.3 Å². The molecule has 7 heteroatoms. The normalized spacial score (nSPS) is 12.8. The van der Waals surface area contributed by atoms with E-state index < -0.39 is 13.9 Å². The zero-order valence-corrected chi connectivity index (χ0v) is 14.4. The molecule has 1 amide bonds. The molecule has 0 unspecified atom stereocenters. The van der Waals surface area contributed by atoms with E-state index in [0.29, 0.717) is 6.42 Å². The van der Waals surface area contributed by atoms with E-state index in [4.69, 9.17) is 9.79 Å². The lowest BCUT2D eigenvalue weighted by molar-refractivity contribution is -0.122. The van der Waals surface area contributed by atoms with Crippen molar-refractivity contribution >= 4 is 13.7 Å². The molecule has 1 atom stereocenters. The van der Waals surface area contributed by atoms with Gasteiger partial charge in [-0.3, -0.25) is 9.32 Å². The zero-order chi connectivity index (χ0) is 17.1. The molecular formula is C16H26NO5P. The molecule has 0 radical (unpaired) electrons. The van der Waals surface area contributed by atoms with Crippen molar-refractivity contribution in [3.05, 3.63) is 35.9 Å². The van der Waals surface area contributed by atoms with Gasteiger partial charge in [-0.05, 0) is 12.0 Å². The summed E-state index contributed by atoms with van der Waals surface area (Å²) in [5, 5.41) is 2.79. The van der Waals surface area contributed by atoms with E-state index in [2.05, 4.69) is 16.8 Å². The predicted octanol–water partition coefficient (Wildman–Crippen LogP) is 3.31. The topological polar surface area (TPSA) is 95.9 Å². The van der Waals surface area contributed by atoms with E-state index >= 15 is 0 Å². The highest BCUT2D eigenvalue weighted by molar-refractivity contribution is 7.46. The molecule has 0 saturated carbocycles. The van der Waals surface area contributed by atoms with Gasteiger partial charge < -0.3 is 15.1 Å². The number of benzene rings is 1. The first kappa shape index (κ1) is 19.8. The molecule has 130 valence electrons. The first-order valence-electron chi connectivity index (χ1n) is 7.96. The van der Waals surface area contributed by atoms with Crippen molar-refractivity contribution in [2.75, 3.05) is 6.61 Å². The lowest BCUT2D eigenvalue weighted by atomic mass is 10.1. The van der Waals surface area contributed by atoms with Crippen LogP contribution in [0.2, 0.25) is 0 Å². The number of unbranched alkanes of at least 4 members (excludes halogenated alkanes) is 4. The molecule has 0 aliphatic carbocycles. The van der Waals surface area contributed by atoms with Gasteiger partial charge in [-0.2, -0.15) is 0 Å². The maximum absolute atomic E-state index is 12.0. The Labute approximate surface area is 137 Å². The summed E-state index contributed by atoms with van der Waals surface area (Å²) < 4.78 is 15.4. The lowest BCUT2D eigenvalue weighted by Crippen LogP contribution is -2.31. The standard InChI is InChI=1S/C16H26NO5P/c1-2-3-4-5-9-12-16(18)17-15(13-22-23(19,20)21)14-10-7-6-8-11-14/h6-8,10-11,15H,2-5,9,12-13H2,1H3,(H,17,18)(H2,19,20,21)/t15-/m1/s1. The van der Waals surface area contributed by atoms with Gasteiger partial charge >= 0.3 is 7.82 Å². The third-order valence-corrected chi connectivity index (χ3v) is 3.94. The van der Waals surface area contributed by atoms with Gasteiger partial charge in [-0.15, -0.1) is 0 Å². The third-order valence-electron chi connectivity index (χ3n) is 3.45. The van der Waals surface area contributed by atoms with Crippen LogP contribution in [0.1, 0.15) is 57.1 Å². The van der Waals surface area contributed by atoms with Gasteiger partial charge in [0.15, 0.2) is 0 Å². The second kappa shape index (κ2) is 10.6. The Bertz CT molecular complexity index is 502. The molecule has 0 saturated heterocycles. The smallest absolute Gasteiger partial charge is 0.347 e. The second-order valence-corrected chi connectivity index (χ2v) is 6.72. The van der Waals surface area contributed by atoms with Crippen molar-refractivity contribution in [3.63, 3.8) is 0 Å². The van der Waals surface area contributed by atoms with Gasteiger partial charge in [0.2, 0.25) is 5.91 Å². The van der Waals surface area contributed by atoms with Crippen LogP contribution in [-0.2, 0) is 13.9 Å². The Morgan fingerprint density at radius 1 is 1.17 bits per heavy atom. The summed E-state index contributed by atoms with van der Waals surface area (Å²) in [6.45, 7) is 1.87. The lowest BCUT2D eigenvalue weighted by Gasteiger charge is -2.19. The molecule has 0 bridgehead atoms. The Kier molecular flexibility index (Phi) is 9.10. The number of carbonyl (C=O) groups is 1. The van der Waals surface area contributed by atoms with Gasteiger partial charge in [0.1, 0.15) is 0 Å². The molecule has 0 heterocycles. The fourth-order valence-corrected chi connectivity index (χ4v) is 2.58. The summed E-state index contributed by atoms with van der Waals surface area (Å²) in [7, 11) is -4.57. The van der Waals surface area contributed by atoms with Gasteiger partial charge in [0.25, 0.3) is 0 Å². The average molecular weight is 343 g/mol. The van der Waals surface area contributed by atoms with Crippen molar-refractivity contribution in [1.82, 2.24) is 5.32 Å². The van der Waals surface area contributed by atoms with Crippen LogP contribution in [0.5, 0.6) is 0 Å². The van der Waals surface area contributed by atoms with Crippen LogP contribution in [0.15, 0.2) is 30.3 Å². The number of rotatable bonds is 11. The monoisotopic (exact) mass is 343 g/mol. The number of hydrogen-bond donors (Lipinski definition) is 3. The highest BCUT2D eigenvalue weighted by atomic mass is 31.2. The quantitative estimate of drug-likeness (QED) is 0.423. The minimum atomic E-state index is -4.57. The van der Waals surface area contributed by atoms with Crippen LogP contribution in [0, 0.1) is 0 Å². The molecule has 23 heavy (non-hydrogen) atoms. The Morgan fingerprint density at radius 3 is 2.43 bits per heavy atom. The highest BCUT2D eigenvalue weighted by Crippen LogP contribution is 2.37. The SMILES string of the molecule is CCCCCCCC(=O)N[C@H](COP(=O)(O)O)c1ccccc1. The number of hydrogen-bond acceptors (Lipinski definition) is 3. The third kappa shape index (κ3) is 9.51. The molecule has 3 N–H and O–H groups in total. The molecule has 0 aliphatic rings. The zero-order valence-electron chi connectivity index (χ0n) is 13.5. The van der Waals surface area contributed by atoms with Gasteiger partial charge in [-0.1, -0.05) is 62.9 Å². The number of phosphoric ester groups is 1. The van der Waals surface area contributed by atoms with Crippen LogP contribution in [0.4, 0.5) is 0 Å². The van der Waals surface area contributed by atoms with E-state index in [0.717, 1.165) is 31.2 Å². The molecule has 1 rings (SSSR count). The predicted molar refractivity (Wildman–Crippen MR) is 88.7 cm³/mol. The van der Waals surface area contributed by atoms with Gasteiger partial charge in [-0.25, -0.2) is 4.57 Å². The van der Waals surface area contributed by atoms with Crippen LogP contribution in [0.3, 0.4) is 0 Å². The van der Waals surface area contributed by atoms with Crippen LogP contribution < -0.4 is 5.32 Å². The van der Waals surface area contributed by atoms with Crippen LogP contribution in [0.25, 0.3) is 0 Å². The van der Waals surface area contributed by atoms with Gasteiger partial charge in [0.05, 0.1) is 12.6 Å². The highest BCUT2D eigenvalue weighted by Gasteiger charge is 2.20. The average Bonchev–Trinajstić information content (AvgIpc) is 2.51. The molecule has 1 aromatic rings. The minimum Gasteiger partial charge on any atom is -0.347 e. The number of amides is 1. The fourth-order valence-electron chi connectivity index (χ4n) is 2.23. The number of phosphoric acid groups is 1. The fraction of sp³-hybridized carbons (Fsp3) is 0.562. The number of carbonyl (C=O) groups excluding carboxylic acids is 1. The largest absolute Gasteiger partial charge is 0.469 e. The van der Waals surface area contributed by atoms with Gasteiger partial charge in [0, 0.05) is 6.42 Å². The number of nitrogens with one attached hydrogen (secondary N) is 1. The molecular weight excluding hydrogens is 317 g/mol. The summed E-state index contributed by atoms with van der Waals surface area (Å²) in [4.78, 5) is 29.7. The van der Waals surface area contributed by atoms with Crippen LogP contribution in [-0.4, -0.2) is 22.3 Å². The van der Waals surface area contributed by atoms with Crippen molar-refractivity contribution in [1.29, 1.82) is 0 Å². The molecule has 0 fully saturated rings. The van der Waals surface area contributed by atoms with E-state index in [-0.39, 0.29) is 12.5 Å². The van der Waals surface area contributed by atoms with Crippen molar-refractivity contribution in [3.8, 4) is 0 Å². The summed E-state index contributed by atoms with van der Waals surface area (Å²) in [5.74, 6) is -0.135. The first-order chi connectivity index (χ1) is 10.9. The summed E-state index contributed by atoms with van der Waals surface area (Å²) in [6.07, 6.45) is 5.67. The van der Waals surface area contributed by atoms with E-state index in [9.17, 15) is 9.36 Å². The van der Waals surface area contributed by atoms with Crippen molar-refractivity contribution in [2.45, 2.75) is 51.5 Å². The maximum Gasteiger partial charge on any atom is 0.469 e. The summed E-state index contributed by atoms with van der Waals surface area (Å²) >= 11 is 0. The Balaban J connectivity index is 2.52. The maximum atomic E-state index is 12.0. The second-order valence-electron chi connectivity index (χ2n) is 5.48. The molecule has 0 aliphatic heterocycles. The van der Waals surface area contributed by atoms with Crippen molar-refractivity contribution in [2.24, 2.45) is 0 Å². The Hall–Kier alpha value is -1.20. The van der Waals surface area contributed by atoms with Crippen LogP contribution >= 0.6 is 7.82 Å². The molecule has 0 spiro atoms. The first-order valence-corrected chi connectivity index (χ1v) is 9.50. The minimum absolute atomic E-state index is 0.135. The summed E-state index contributed by atoms with van der Waals surface area (Å²) in [5.41, 5.74) is 0.750. The van der Waals surface area contributed by atoms with E-state index in [1.807, 2.05) is 6.07 Å². The molecule has 6 nitrogen and oxygen atoms in total. The molecule has 1 aromatic carbocycles. The Morgan fingerprint density at radius 2 is 1.83 bits per heavy atom.